The first-order chi connectivity index (χ1) is 7.92. The van der Waals surface area contributed by atoms with Crippen molar-refractivity contribution >= 4 is 6.09 Å². The first-order valence-electron chi connectivity index (χ1n) is 6.02. The van der Waals surface area contributed by atoms with Crippen LogP contribution in [0.1, 0.15) is 33.6 Å². The Bertz CT molecular complexity index is 304. The summed E-state index contributed by atoms with van der Waals surface area (Å²) in [6.07, 6.45) is 1.08. The predicted octanol–water partition coefficient (Wildman–Crippen LogP) is 1.40. The number of nitriles is 1. The SMILES string of the molecule is CC(C)(C)OC(=O)N[C@@H]1CCNCC[C@@H]1C#N. The first-order valence-corrected chi connectivity index (χ1v) is 6.02. The molecular weight excluding hydrogens is 218 g/mol. The molecular formula is C12H21N3O2. The average Bonchev–Trinajstić information content (AvgIpc) is 2.39. The smallest absolute Gasteiger partial charge is 0.407 e. The minimum atomic E-state index is -0.505. The van der Waals surface area contributed by atoms with E-state index in [0.717, 1.165) is 25.9 Å². The van der Waals surface area contributed by atoms with Crippen molar-refractivity contribution < 1.29 is 9.53 Å². The van der Waals surface area contributed by atoms with Crippen molar-refractivity contribution in [1.82, 2.24) is 10.6 Å². The lowest BCUT2D eigenvalue weighted by Gasteiger charge is -2.24. The number of ether oxygens (including phenoxy) is 1. The van der Waals surface area contributed by atoms with Gasteiger partial charge in [0, 0.05) is 6.04 Å². The van der Waals surface area contributed by atoms with Crippen LogP contribution in [0.2, 0.25) is 0 Å². The maximum atomic E-state index is 11.6. The maximum Gasteiger partial charge on any atom is 0.407 e. The van der Waals surface area contributed by atoms with E-state index in [4.69, 9.17) is 10.00 Å². The number of alkyl carbamates (subject to hydrolysis) is 1. The van der Waals surface area contributed by atoms with E-state index in [1.165, 1.54) is 0 Å². The Labute approximate surface area is 103 Å². The van der Waals surface area contributed by atoms with E-state index in [1.807, 2.05) is 20.8 Å². The Morgan fingerprint density at radius 2 is 2.06 bits per heavy atom. The third-order valence-electron chi connectivity index (χ3n) is 2.62. The summed E-state index contributed by atoms with van der Waals surface area (Å²) in [4.78, 5) is 11.6. The van der Waals surface area contributed by atoms with Crippen LogP contribution in [0.3, 0.4) is 0 Å². The quantitative estimate of drug-likeness (QED) is 0.725. The van der Waals surface area contributed by atoms with Crippen LogP contribution in [0.5, 0.6) is 0 Å². The standard InChI is InChI=1S/C12H21N3O2/c1-12(2,3)17-11(16)15-10-5-7-14-6-4-9(10)8-13/h9-10,14H,4-7H2,1-3H3,(H,15,16)/t9-,10-/m1/s1. The van der Waals surface area contributed by atoms with E-state index in [2.05, 4.69) is 16.7 Å². The first kappa shape index (κ1) is 13.8. The van der Waals surface area contributed by atoms with Crippen LogP contribution in [-0.2, 0) is 4.74 Å². The fourth-order valence-corrected chi connectivity index (χ4v) is 1.83. The van der Waals surface area contributed by atoms with Crippen LogP contribution in [0.15, 0.2) is 0 Å². The molecule has 1 fully saturated rings. The van der Waals surface area contributed by atoms with Crippen LogP contribution in [0.25, 0.3) is 0 Å². The number of rotatable bonds is 1. The summed E-state index contributed by atoms with van der Waals surface area (Å²) in [5, 5.41) is 15.1. The number of nitrogens with zero attached hydrogens (tertiary/aromatic N) is 1. The lowest BCUT2D eigenvalue weighted by molar-refractivity contribution is 0.0492. The van der Waals surface area contributed by atoms with Crippen LogP contribution in [0, 0.1) is 17.2 Å². The van der Waals surface area contributed by atoms with Gasteiger partial charge in [0.1, 0.15) is 5.60 Å². The number of amides is 1. The van der Waals surface area contributed by atoms with Gasteiger partial charge >= 0.3 is 6.09 Å². The van der Waals surface area contributed by atoms with Gasteiger partial charge in [0.05, 0.1) is 12.0 Å². The summed E-state index contributed by atoms with van der Waals surface area (Å²) >= 11 is 0. The van der Waals surface area contributed by atoms with Gasteiger partial charge in [-0.1, -0.05) is 0 Å². The van der Waals surface area contributed by atoms with Crippen molar-refractivity contribution in [2.45, 2.75) is 45.3 Å². The molecule has 1 amide bonds. The maximum absolute atomic E-state index is 11.6. The number of carbonyl (C=O) groups excluding carboxylic acids is 1. The van der Waals surface area contributed by atoms with Gasteiger partial charge in [-0.3, -0.25) is 0 Å². The summed E-state index contributed by atoms with van der Waals surface area (Å²) in [5.41, 5.74) is -0.505. The van der Waals surface area contributed by atoms with E-state index in [0.29, 0.717) is 0 Å². The molecule has 0 aromatic heterocycles. The zero-order chi connectivity index (χ0) is 12.9. The van der Waals surface area contributed by atoms with Crippen molar-refractivity contribution in [3.05, 3.63) is 0 Å². The molecule has 0 spiro atoms. The van der Waals surface area contributed by atoms with Crippen molar-refractivity contribution in [3.8, 4) is 6.07 Å². The molecule has 1 aliphatic heterocycles. The Morgan fingerprint density at radius 1 is 1.41 bits per heavy atom. The third-order valence-corrected chi connectivity index (χ3v) is 2.62. The number of carbonyl (C=O) groups is 1. The highest BCUT2D eigenvalue weighted by atomic mass is 16.6. The molecule has 0 aromatic carbocycles. The highest BCUT2D eigenvalue weighted by molar-refractivity contribution is 5.68. The van der Waals surface area contributed by atoms with Gasteiger partial charge in [0.2, 0.25) is 0 Å². The second-order valence-electron chi connectivity index (χ2n) is 5.32. The largest absolute Gasteiger partial charge is 0.444 e. The molecule has 1 aliphatic rings. The molecule has 96 valence electrons. The summed E-state index contributed by atoms with van der Waals surface area (Å²) in [7, 11) is 0. The van der Waals surface area contributed by atoms with E-state index in [-0.39, 0.29) is 12.0 Å². The lowest BCUT2D eigenvalue weighted by atomic mass is 9.97. The van der Waals surface area contributed by atoms with Crippen molar-refractivity contribution in [2.75, 3.05) is 13.1 Å². The lowest BCUT2D eigenvalue weighted by Crippen LogP contribution is -2.42. The van der Waals surface area contributed by atoms with E-state index in [1.54, 1.807) is 0 Å². The summed E-state index contributed by atoms with van der Waals surface area (Å²) in [6.45, 7) is 7.11. The van der Waals surface area contributed by atoms with Crippen LogP contribution in [0.4, 0.5) is 4.79 Å². The summed E-state index contributed by atoms with van der Waals surface area (Å²) in [6, 6.07) is 2.13. The van der Waals surface area contributed by atoms with E-state index in [9.17, 15) is 4.79 Å². The molecule has 5 heteroatoms. The van der Waals surface area contributed by atoms with Gasteiger partial charge in [-0.15, -0.1) is 0 Å². The molecule has 1 saturated heterocycles. The Kier molecular flexibility index (Phi) is 4.76. The molecule has 1 rings (SSSR count). The van der Waals surface area contributed by atoms with Crippen molar-refractivity contribution in [1.29, 1.82) is 5.26 Å². The Hall–Kier alpha value is -1.28. The fraction of sp³-hybridized carbons (Fsp3) is 0.833. The van der Waals surface area contributed by atoms with Crippen molar-refractivity contribution in [3.63, 3.8) is 0 Å². The molecule has 0 bridgehead atoms. The van der Waals surface area contributed by atoms with Gasteiger partial charge in [-0.2, -0.15) is 5.26 Å². The predicted molar refractivity (Wildman–Crippen MR) is 64.4 cm³/mol. The van der Waals surface area contributed by atoms with E-state index < -0.39 is 11.7 Å². The third kappa shape index (κ3) is 5.05. The van der Waals surface area contributed by atoms with Gasteiger partial charge < -0.3 is 15.4 Å². The highest BCUT2D eigenvalue weighted by Crippen LogP contribution is 2.15. The van der Waals surface area contributed by atoms with Gasteiger partial charge in [-0.05, 0) is 46.7 Å². The second-order valence-corrected chi connectivity index (χ2v) is 5.32. The Morgan fingerprint density at radius 3 is 2.65 bits per heavy atom. The molecule has 17 heavy (non-hydrogen) atoms. The topological polar surface area (TPSA) is 74.2 Å². The van der Waals surface area contributed by atoms with E-state index >= 15 is 0 Å². The minimum Gasteiger partial charge on any atom is -0.444 e. The van der Waals surface area contributed by atoms with Gasteiger partial charge in [-0.25, -0.2) is 4.79 Å². The van der Waals surface area contributed by atoms with Crippen molar-refractivity contribution in [2.24, 2.45) is 5.92 Å². The monoisotopic (exact) mass is 239 g/mol. The highest BCUT2D eigenvalue weighted by Gasteiger charge is 2.26. The zero-order valence-corrected chi connectivity index (χ0v) is 10.7. The van der Waals surface area contributed by atoms with Crippen LogP contribution in [-0.4, -0.2) is 30.8 Å². The normalized spacial score (nSPS) is 25.5. The second kappa shape index (κ2) is 5.87. The minimum absolute atomic E-state index is 0.121. The van der Waals surface area contributed by atoms with Crippen LogP contribution < -0.4 is 10.6 Å². The molecule has 0 aromatic rings. The molecule has 1 heterocycles. The molecule has 0 saturated carbocycles. The fourth-order valence-electron chi connectivity index (χ4n) is 1.83. The average molecular weight is 239 g/mol. The zero-order valence-electron chi connectivity index (χ0n) is 10.7. The summed E-state index contributed by atoms with van der Waals surface area (Å²) < 4.78 is 5.19. The molecule has 2 N–H and O–H groups in total. The molecule has 0 aliphatic carbocycles. The number of hydrogen-bond donors (Lipinski definition) is 2. The number of hydrogen-bond acceptors (Lipinski definition) is 4. The number of nitrogens with one attached hydrogen (secondary N) is 2. The molecule has 2 atom stereocenters. The van der Waals surface area contributed by atoms with Gasteiger partial charge in [0.15, 0.2) is 0 Å². The molecule has 0 radical (unpaired) electrons. The van der Waals surface area contributed by atoms with Crippen LogP contribution >= 0.6 is 0 Å². The molecule has 0 unspecified atom stereocenters. The molecule has 5 nitrogen and oxygen atoms in total. The Balaban J connectivity index is 2.53. The summed E-state index contributed by atoms with van der Waals surface area (Å²) in [5.74, 6) is -0.141. The van der Waals surface area contributed by atoms with Gasteiger partial charge in [0.25, 0.3) is 0 Å².